The molecule has 1 aliphatic heterocycles. The van der Waals surface area contributed by atoms with Crippen molar-refractivity contribution in [1.29, 1.82) is 0 Å². The lowest BCUT2D eigenvalue weighted by Gasteiger charge is -2.40. The molecule has 0 saturated carbocycles. The zero-order chi connectivity index (χ0) is 13.1. The third-order valence-corrected chi connectivity index (χ3v) is 3.06. The molecule has 0 aromatic carbocycles. The summed E-state index contributed by atoms with van der Waals surface area (Å²) in [5, 5.41) is 3.47. The van der Waals surface area contributed by atoms with Gasteiger partial charge < -0.3 is 15.0 Å². The third kappa shape index (κ3) is 4.19. The van der Waals surface area contributed by atoms with Gasteiger partial charge in [-0.15, -0.1) is 0 Å². The van der Waals surface area contributed by atoms with Crippen molar-refractivity contribution in [2.24, 2.45) is 0 Å². The molecular formula is C13H26N2O2. The first-order valence-corrected chi connectivity index (χ1v) is 6.58. The Morgan fingerprint density at radius 2 is 2.12 bits per heavy atom. The first-order chi connectivity index (χ1) is 7.85. The second-order valence-corrected chi connectivity index (χ2v) is 5.76. The van der Waals surface area contributed by atoms with E-state index in [1.165, 1.54) is 0 Å². The molecule has 0 aromatic rings. The molecule has 1 heterocycles. The predicted molar refractivity (Wildman–Crippen MR) is 69.1 cm³/mol. The largest absolute Gasteiger partial charge is 0.444 e. The zero-order valence-corrected chi connectivity index (χ0v) is 11.7. The Bertz CT molecular complexity index is 259. The third-order valence-electron chi connectivity index (χ3n) is 3.06. The van der Waals surface area contributed by atoms with E-state index in [0.29, 0.717) is 6.04 Å². The predicted octanol–water partition coefficient (Wildman–Crippen LogP) is 2.38. The smallest absolute Gasteiger partial charge is 0.410 e. The highest BCUT2D eigenvalue weighted by Crippen LogP contribution is 2.17. The summed E-state index contributed by atoms with van der Waals surface area (Å²) in [7, 11) is 0. The van der Waals surface area contributed by atoms with Gasteiger partial charge >= 0.3 is 6.09 Å². The second-order valence-electron chi connectivity index (χ2n) is 5.76. The minimum absolute atomic E-state index is 0.187. The fraction of sp³-hybridized carbons (Fsp3) is 0.923. The van der Waals surface area contributed by atoms with Crippen LogP contribution in [0.3, 0.4) is 0 Å². The molecule has 0 radical (unpaired) electrons. The van der Waals surface area contributed by atoms with E-state index in [0.717, 1.165) is 25.9 Å². The Balaban J connectivity index is 2.60. The quantitative estimate of drug-likeness (QED) is 0.808. The van der Waals surface area contributed by atoms with Gasteiger partial charge in [-0.05, 0) is 34.1 Å². The molecule has 4 heteroatoms. The summed E-state index contributed by atoms with van der Waals surface area (Å²) in [6.45, 7) is 11.6. The Morgan fingerprint density at radius 1 is 1.47 bits per heavy atom. The average Bonchev–Trinajstić information content (AvgIpc) is 2.18. The summed E-state index contributed by atoms with van der Waals surface area (Å²) >= 11 is 0. The normalized spacial score (nSPS) is 25.8. The standard InChI is InChI=1S/C13H26N2O2/c1-6-7-11-10(2)15(9-8-14-11)12(16)17-13(3,4)5/h10-11,14H,6-9H2,1-5H3/t10-,11-/m0/s1. The SMILES string of the molecule is CCC[C@@H]1NCCN(C(=O)OC(C)(C)C)[C@H]1C. The van der Waals surface area contributed by atoms with Gasteiger partial charge in [0.25, 0.3) is 0 Å². The van der Waals surface area contributed by atoms with Crippen LogP contribution in [0, 0.1) is 0 Å². The fourth-order valence-corrected chi connectivity index (χ4v) is 2.19. The minimum atomic E-state index is -0.415. The van der Waals surface area contributed by atoms with Crippen LogP contribution in [0.4, 0.5) is 4.79 Å². The van der Waals surface area contributed by atoms with E-state index in [1.807, 2.05) is 25.7 Å². The van der Waals surface area contributed by atoms with Crippen LogP contribution in [0.1, 0.15) is 47.5 Å². The maximum atomic E-state index is 12.0. The summed E-state index contributed by atoms with van der Waals surface area (Å²) in [6.07, 6.45) is 2.04. The van der Waals surface area contributed by atoms with Crippen LogP contribution >= 0.6 is 0 Å². The number of piperazine rings is 1. The molecule has 0 aliphatic carbocycles. The highest BCUT2D eigenvalue weighted by Gasteiger charge is 2.32. The fourth-order valence-electron chi connectivity index (χ4n) is 2.19. The van der Waals surface area contributed by atoms with E-state index in [2.05, 4.69) is 19.2 Å². The molecule has 1 rings (SSSR count). The first-order valence-electron chi connectivity index (χ1n) is 6.58. The molecule has 1 saturated heterocycles. The van der Waals surface area contributed by atoms with Crippen molar-refractivity contribution >= 4 is 6.09 Å². The molecule has 1 aliphatic rings. The number of ether oxygens (including phenoxy) is 1. The van der Waals surface area contributed by atoms with Crippen LogP contribution in [-0.4, -0.2) is 41.8 Å². The van der Waals surface area contributed by atoms with Crippen LogP contribution in [0.15, 0.2) is 0 Å². The van der Waals surface area contributed by atoms with Crippen molar-refractivity contribution in [3.8, 4) is 0 Å². The summed E-state index contributed by atoms with van der Waals surface area (Å²) < 4.78 is 5.43. The molecule has 100 valence electrons. The summed E-state index contributed by atoms with van der Waals surface area (Å²) in [6, 6.07) is 0.597. The number of hydrogen-bond donors (Lipinski definition) is 1. The number of nitrogens with zero attached hydrogens (tertiary/aromatic N) is 1. The molecule has 0 aromatic heterocycles. The number of rotatable bonds is 2. The van der Waals surface area contributed by atoms with Crippen LogP contribution in [-0.2, 0) is 4.74 Å². The molecule has 2 atom stereocenters. The van der Waals surface area contributed by atoms with Gasteiger partial charge in [-0.3, -0.25) is 0 Å². The van der Waals surface area contributed by atoms with Gasteiger partial charge in [0, 0.05) is 25.2 Å². The molecule has 1 N–H and O–H groups in total. The summed E-state index contributed by atoms with van der Waals surface area (Å²) in [5.74, 6) is 0. The lowest BCUT2D eigenvalue weighted by atomic mass is 10.0. The van der Waals surface area contributed by atoms with Crippen molar-refractivity contribution in [2.75, 3.05) is 13.1 Å². The highest BCUT2D eigenvalue weighted by molar-refractivity contribution is 5.68. The van der Waals surface area contributed by atoms with Crippen molar-refractivity contribution in [2.45, 2.75) is 65.1 Å². The number of carbonyl (C=O) groups is 1. The maximum Gasteiger partial charge on any atom is 0.410 e. The minimum Gasteiger partial charge on any atom is -0.444 e. The summed E-state index contributed by atoms with van der Waals surface area (Å²) in [5.41, 5.74) is -0.415. The summed E-state index contributed by atoms with van der Waals surface area (Å²) in [4.78, 5) is 13.9. The number of amides is 1. The lowest BCUT2D eigenvalue weighted by molar-refractivity contribution is 0.00769. The van der Waals surface area contributed by atoms with E-state index < -0.39 is 5.60 Å². The van der Waals surface area contributed by atoms with Gasteiger partial charge in [-0.1, -0.05) is 13.3 Å². The zero-order valence-electron chi connectivity index (χ0n) is 11.7. The van der Waals surface area contributed by atoms with Gasteiger partial charge in [0.15, 0.2) is 0 Å². The van der Waals surface area contributed by atoms with Crippen molar-refractivity contribution in [1.82, 2.24) is 10.2 Å². The van der Waals surface area contributed by atoms with Crippen molar-refractivity contribution in [3.63, 3.8) is 0 Å². The molecule has 1 fully saturated rings. The number of nitrogens with one attached hydrogen (secondary N) is 1. The molecule has 4 nitrogen and oxygen atoms in total. The van der Waals surface area contributed by atoms with E-state index in [4.69, 9.17) is 4.74 Å². The first kappa shape index (κ1) is 14.3. The monoisotopic (exact) mass is 242 g/mol. The van der Waals surface area contributed by atoms with Gasteiger partial charge in [-0.25, -0.2) is 4.79 Å². The Morgan fingerprint density at radius 3 is 2.65 bits per heavy atom. The van der Waals surface area contributed by atoms with Gasteiger partial charge in [0.2, 0.25) is 0 Å². The highest BCUT2D eigenvalue weighted by atomic mass is 16.6. The van der Waals surface area contributed by atoms with Crippen LogP contribution < -0.4 is 5.32 Å². The number of carbonyl (C=O) groups excluding carboxylic acids is 1. The van der Waals surface area contributed by atoms with Crippen LogP contribution in [0.2, 0.25) is 0 Å². The Kier molecular flexibility index (Phi) is 4.80. The van der Waals surface area contributed by atoms with E-state index >= 15 is 0 Å². The van der Waals surface area contributed by atoms with Crippen LogP contribution in [0.5, 0.6) is 0 Å². The molecular weight excluding hydrogens is 216 g/mol. The second kappa shape index (κ2) is 5.71. The van der Waals surface area contributed by atoms with Crippen molar-refractivity contribution < 1.29 is 9.53 Å². The average molecular weight is 242 g/mol. The Labute approximate surface area is 105 Å². The van der Waals surface area contributed by atoms with E-state index in [-0.39, 0.29) is 12.1 Å². The van der Waals surface area contributed by atoms with Gasteiger partial charge in [0.05, 0.1) is 0 Å². The number of hydrogen-bond acceptors (Lipinski definition) is 3. The molecule has 1 amide bonds. The Hall–Kier alpha value is -0.770. The van der Waals surface area contributed by atoms with Crippen LogP contribution in [0.25, 0.3) is 0 Å². The van der Waals surface area contributed by atoms with Crippen molar-refractivity contribution in [3.05, 3.63) is 0 Å². The topological polar surface area (TPSA) is 41.6 Å². The molecule has 0 spiro atoms. The maximum absolute atomic E-state index is 12.0. The molecule has 17 heavy (non-hydrogen) atoms. The van der Waals surface area contributed by atoms with Gasteiger partial charge in [0.1, 0.15) is 5.60 Å². The lowest BCUT2D eigenvalue weighted by Crippen LogP contribution is -2.58. The van der Waals surface area contributed by atoms with Gasteiger partial charge in [-0.2, -0.15) is 0 Å². The molecule has 0 bridgehead atoms. The van der Waals surface area contributed by atoms with E-state index in [9.17, 15) is 4.79 Å². The molecule has 0 unspecified atom stereocenters. The van der Waals surface area contributed by atoms with E-state index in [1.54, 1.807) is 0 Å².